The average Bonchev–Trinajstić information content (AvgIpc) is 3.40. The van der Waals surface area contributed by atoms with Crippen LogP contribution >= 0.6 is 23.2 Å². The van der Waals surface area contributed by atoms with Crippen molar-refractivity contribution >= 4 is 35.0 Å². The Morgan fingerprint density at radius 3 is 2.26 bits per heavy atom. The predicted octanol–water partition coefficient (Wildman–Crippen LogP) is 7.72. The Balaban J connectivity index is 1.58. The third-order valence-corrected chi connectivity index (χ3v) is 7.32. The second-order valence-electron chi connectivity index (χ2n) is 9.66. The van der Waals surface area contributed by atoms with Crippen LogP contribution in [0.1, 0.15) is 32.7 Å². The largest absolute Gasteiger partial charge is 0.416 e. The van der Waals surface area contributed by atoms with Crippen LogP contribution in [0.2, 0.25) is 10.0 Å². The highest BCUT2D eigenvalue weighted by molar-refractivity contribution is 6.42. The molecule has 1 heterocycles. The number of halogens is 5. The Labute approximate surface area is 252 Å². The number of carbonyl (C=O) groups is 2. The fourth-order valence-corrected chi connectivity index (χ4v) is 4.77. The Morgan fingerprint density at radius 1 is 0.833 bits per heavy atom. The molecule has 0 spiro atoms. The fraction of sp³-hybridized carbons (Fsp3) is 0.188. The number of benzene rings is 3. The summed E-state index contributed by atoms with van der Waals surface area (Å²) >= 11 is 12.1. The molecule has 0 aliphatic carbocycles. The molecule has 0 atom stereocenters. The van der Waals surface area contributed by atoms with Crippen LogP contribution in [0.4, 0.5) is 13.2 Å². The Bertz CT molecular complexity index is 1550. The van der Waals surface area contributed by atoms with E-state index in [2.05, 4.69) is 6.58 Å². The van der Waals surface area contributed by atoms with E-state index in [0.29, 0.717) is 10.6 Å². The molecule has 5 nitrogen and oxygen atoms in total. The van der Waals surface area contributed by atoms with Gasteiger partial charge in [-0.15, -0.1) is 6.58 Å². The molecule has 4 rings (SSSR count). The predicted molar refractivity (Wildman–Crippen MR) is 158 cm³/mol. The lowest BCUT2D eigenvalue weighted by atomic mass is 10.1. The molecule has 218 valence electrons. The molecule has 0 aliphatic heterocycles. The smallest absolute Gasteiger partial charge is 0.345 e. The molecule has 3 aromatic carbocycles. The second kappa shape index (κ2) is 13.8. The molecule has 0 fully saturated rings. The highest BCUT2D eigenvalue weighted by Gasteiger charge is 2.30. The minimum atomic E-state index is -4.44. The quantitative estimate of drug-likeness (QED) is 0.163. The van der Waals surface area contributed by atoms with Gasteiger partial charge in [0, 0.05) is 37.1 Å². The molecule has 10 heteroatoms. The van der Waals surface area contributed by atoms with Crippen molar-refractivity contribution in [1.29, 1.82) is 0 Å². The van der Waals surface area contributed by atoms with Crippen molar-refractivity contribution in [1.82, 2.24) is 14.4 Å². The van der Waals surface area contributed by atoms with E-state index in [1.165, 1.54) is 29.2 Å². The number of rotatable bonds is 11. The molecule has 4 aromatic rings. The van der Waals surface area contributed by atoms with Crippen LogP contribution in [0, 0.1) is 0 Å². The lowest BCUT2D eigenvalue weighted by molar-refractivity contribution is -0.137. The number of alkyl halides is 3. The summed E-state index contributed by atoms with van der Waals surface area (Å²) in [6.07, 6.45) is -1.15. The molecule has 0 saturated carbocycles. The van der Waals surface area contributed by atoms with Crippen molar-refractivity contribution < 1.29 is 22.8 Å². The number of amides is 2. The minimum Gasteiger partial charge on any atom is -0.345 e. The first-order chi connectivity index (χ1) is 20.0. The van der Waals surface area contributed by atoms with E-state index >= 15 is 0 Å². The van der Waals surface area contributed by atoms with Crippen LogP contribution in [0.15, 0.2) is 104 Å². The third kappa shape index (κ3) is 8.05. The van der Waals surface area contributed by atoms with Gasteiger partial charge < -0.3 is 14.4 Å². The van der Waals surface area contributed by atoms with Crippen LogP contribution in [-0.2, 0) is 30.6 Å². The van der Waals surface area contributed by atoms with Crippen molar-refractivity contribution in [3.8, 4) is 0 Å². The molecule has 1 aromatic heterocycles. The lowest BCUT2D eigenvalue weighted by Crippen LogP contribution is -2.42. The van der Waals surface area contributed by atoms with E-state index < -0.39 is 17.6 Å². The summed E-state index contributed by atoms with van der Waals surface area (Å²) in [5.41, 5.74) is 1.65. The average molecular weight is 614 g/mol. The van der Waals surface area contributed by atoms with Crippen molar-refractivity contribution in [3.63, 3.8) is 0 Å². The lowest BCUT2D eigenvalue weighted by Gasteiger charge is -2.28. The summed E-state index contributed by atoms with van der Waals surface area (Å²) in [4.78, 5) is 30.1. The molecule has 42 heavy (non-hydrogen) atoms. The van der Waals surface area contributed by atoms with Gasteiger partial charge in [-0.05, 0) is 53.6 Å². The van der Waals surface area contributed by atoms with Crippen molar-refractivity contribution in [3.05, 3.63) is 142 Å². The molecular formula is C32H28Cl2F3N3O2. The summed E-state index contributed by atoms with van der Waals surface area (Å²) in [6, 6.07) is 22.7. The number of carbonyl (C=O) groups excluding carboxylic acids is 2. The highest BCUT2D eigenvalue weighted by Crippen LogP contribution is 2.30. The van der Waals surface area contributed by atoms with Gasteiger partial charge in [0.25, 0.3) is 5.91 Å². The van der Waals surface area contributed by atoms with Crippen molar-refractivity contribution in [2.75, 3.05) is 13.1 Å². The SMILES string of the molecule is C=CCN(CC(=O)N(Cc1ccccc1)Cc1cccn1Cc1cccc(C(F)(F)F)c1)C(=O)c1ccc(Cl)c(Cl)c1. The third-order valence-electron chi connectivity index (χ3n) is 6.58. The second-order valence-corrected chi connectivity index (χ2v) is 10.5. The summed E-state index contributed by atoms with van der Waals surface area (Å²) < 4.78 is 41.6. The standard InChI is InChI=1S/C32H28Cl2F3N3O2/c1-2-15-39(31(42)25-13-14-28(33)29(34)18-25)22-30(41)40(19-23-8-4-3-5-9-23)21-27-12-7-16-38(27)20-24-10-6-11-26(17-24)32(35,36)37/h2-14,16-18H,1,15,19-22H2. The van der Waals surface area contributed by atoms with Crippen LogP contribution in [0.3, 0.4) is 0 Å². The number of nitrogens with zero attached hydrogens (tertiary/aromatic N) is 3. The molecule has 0 aliphatic rings. The van der Waals surface area contributed by atoms with E-state index in [0.717, 1.165) is 23.4 Å². The number of aromatic nitrogens is 1. The van der Waals surface area contributed by atoms with Crippen molar-refractivity contribution in [2.45, 2.75) is 25.8 Å². The zero-order chi connectivity index (χ0) is 30.3. The molecule has 0 bridgehead atoms. The van der Waals surface area contributed by atoms with E-state index in [1.807, 2.05) is 41.0 Å². The first kappa shape index (κ1) is 30.9. The van der Waals surface area contributed by atoms with Gasteiger partial charge in [0.05, 0.1) is 22.2 Å². The summed E-state index contributed by atoms with van der Waals surface area (Å²) in [7, 11) is 0. The minimum absolute atomic E-state index is 0.121. The van der Waals surface area contributed by atoms with Crippen LogP contribution in [0.25, 0.3) is 0 Å². The zero-order valence-corrected chi connectivity index (χ0v) is 24.0. The van der Waals surface area contributed by atoms with Gasteiger partial charge in [-0.2, -0.15) is 13.2 Å². The Hall–Kier alpha value is -4.01. The van der Waals surface area contributed by atoms with Gasteiger partial charge in [-0.1, -0.05) is 71.7 Å². The highest BCUT2D eigenvalue weighted by atomic mass is 35.5. The molecular weight excluding hydrogens is 586 g/mol. The molecule has 0 radical (unpaired) electrons. The first-order valence-corrected chi connectivity index (χ1v) is 13.8. The van der Waals surface area contributed by atoms with Gasteiger partial charge in [-0.3, -0.25) is 9.59 Å². The molecule has 2 amide bonds. The Kier molecular flexibility index (Phi) is 10.1. The maximum absolute atomic E-state index is 13.8. The summed E-state index contributed by atoms with van der Waals surface area (Å²) in [6.45, 7) is 4.24. The normalized spacial score (nSPS) is 11.3. The maximum Gasteiger partial charge on any atom is 0.416 e. The van der Waals surface area contributed by atoms with Gasteiger partial charge >= 0.3 is 6.18 Å². The van der Waals surface area contributed by atoms with E-state index in [4.69, 9.17) is 23.2 Å². The summed E-state index contributed by atoms with van der Waals surface area (Å²) in [5, 5.41) is 0.529. The van der Waals surface area contributed by atoms with E-state index in [1.54, 1.807) is 29.3 Å². The molecule has 0 N–H and O–H groups in total. The van der Waals surface area contributed by atoms with Crippen LogP contribution < -0.4 is 0 Å². The number of hydrogen-bond acceptors (Lipinski definition) is 2. The van der Waals surface area contributed by atoms with Crippen LogP contribution in [-0.4, -0.2) is 39.3 Å². The topological polar surface area (TPSA) is 45.6 Å². The first-order valence-electron chi connectivity index (χ1n) is 13.0. The maximum atomic E-state index is 13.8. The monoisotopic (exact) mass is 613 g/mol. The summed E-state index contributed by atoms with van der Waals surface area (Å²) in [5.74, 6) is -0.727. The van der Waals surface area contributed by atoms with Crippen molar-refractivity contribution in [2.24, 2.45) is 0 Å². The van der Waals surface area contributed by atoms with Gasteiger partial charge in [-0.25, -0.2) is 0 Å². The van der Waals surface area contributed by atoms with E-state index in [9.17, 15) is 22.8 Å². The van der Waals surface area contributed by atoms with Gasteiger partial charge in [0.1, 0.15) is 6.54 Å². The molecule has 0 saturated heterocycles. The molecule has 0 unspecified atom stereocenters. The van der Waals surface area contributed by atoms with Gasteiger partial charge in [0.2, 0.25) is 5.91 Å². The van der Waals surface area contributed by atoms with Gasteiger partial charge in [0.15, 0.2) is 0 Å². The van der Waals surface area contributed by atoms with Crippen LogP contribution in [0.5, 0.6) is 0 Å². The Morgan fingerprint density at radius 2 is 1.57 bits per heavy atom. The fourth-order valence-electron chi connectivity index (χ4n) is 4.47. The number of hydrogen-bond donors (Lipinski definition) is 0. The zero-order valence-electron chi connectivity index (χ0n) is 22.5. The van der Waals surface area contributed by atoms with E-state index in [-0.39, 0.29) is 49.2 Å².